The van der Waals surface area contributed by atoms with Crippen LogP contribution in [0.1, 0.15) is 29.3 Å². The summed E-state index contributed by atoms with van der Waals surface area (Å²) in [6.07, 6.45) is 7.30. The van der Waals surface area contributed by atoms with Crippen molar-refractivity contribution in [3.63, 3.8) is 0 Å². The maximum atomic E-state index is 14.7. The zero-order valence-corrected chi connectivity index (χ0v) is 18.8. The number of piperidine rings is 1. The molecule has 4 heterocycles. The standard InChI is InChI=1S/C26H23FN4OS/c27-23-10-2-1-9-21(23)22-16-29-26(18-6-3-11-28-15-18)30-25(22)19-7-4-12-31(17-19)24(32)14-20-8-5-13-33-20/h1-3,5-6,8-11,13,15-16,19H,4,7,12,14,17H2. The van der Waals surface area contributed by atoms with Gasteiger partial charge in [0.05, 0.1) is 12.1 Å². The van der Waals surface area contributed by atoms with Gasteiger partial charge in [-0.1, -0.05) is 24.3 Å². The minimum Gasteiger partial charge on any atom is -0.342 e. The maximum absolute atomic E-state index is 14.7. The van der Waals surface area contributed by atoms with E-state index >= 15 is 0 Å². The van der Waals surface area contributed by atoms with Gasteiger partial charge in [-0.3, -0.25) is 9.78 Å². The zero-order valence-electron chi connectivity index (χ0n) is 18.0. The smallest absolute Gasteiger partial charge is 0.227 e. The lowest BCUT2D eigenvalue weighted by Gasteiger charge is -2.33. The second-order valence-electron chi connectivity index (χ2n) is 8.15. The molecule has 0 saturated carbocycles. The third-order valence-corrected chi connectivity index (χ3v) is 6.84. The van der Waals surface area contributed by atoms with E-state index in [1.807, 2.05) is 40.6 Å². The fourth-order valence-corrected chi connectivity index (χ4v) is 5.02. The second kappa shape index (κ2) is 9.58. The van der Waals surface area contributed by atoms with Gasteiger partial charge in [0.2, 0.25) is 5.91 Å². The van der Waals surface area contributed by atoms with Crippen LogP contribution >= 0.6 is 11.3 Å². The predicted molar refractivity (Wildman–Crippen MR) is 127 cm³/mol. The fraction of sp³-hybridized carbons (Fsp3) is 0.231. The van der Waals surface area contributed by atoms with Crippen LogP contribution in [-0.4, -0.2) is 38.8 Å². The molecule has 0 aliphatic carbocycles. The van der Waals surface area contributed by atoms with Crippen LogP contribution in [0.5, 0.6) is 0 Å². The summed E-state index contributed by atoms with van der Waals surface area (Å²) in [5.41, 5.74) is 2.74. The van der Waals surface area contributed by atoms with Crippen molar-refractivity contribution in [2.45, 2.75) is 25.2 Å². The van der Waals surface area contributed by atoms with E-state index in [0.717, 1.165) is 35.5 Å². The first-order chi connectivity index (χ1) is 16.2. The highest BCUT2D eigenvalue weighted by atomic mass is 32.1. The van der Waals surface area contributed by atoms with Gasteiger partial charge in [-0.2, -0.15) is 0 Å². The van der Waals surface area contributed by atoms with Crippen molar-refractivity contribution in [1.29, 1.82) is 0 Å². The molecule has 7 heteroatoms. The lowest BCUT2D eigenvalue weighted by atomic mass is 9.89. The summed E-state index contributed by atoms with van der Waals surface area (Å²) in [5, 5.41) is 1.99. The highest BCUT2D eigenvalue weighted by Gasteiger charge is 2.29. The molecule has 1 unspecified atom stereocenters. The predicted octanol–water partition coefficient (Wildman–Crippen LogP) is 5.35. The van der Waals surface area contributed by atoms with Crippen LogP contribution in [0.2, 0.25) is 0 Å². The van der Waals surface area contributed by atoms with E-state index in [4.69, 9.17) is 4.98 Å². The number of pyridine rings is 1. The van der Waals surface area contributed by atoms with Crippen LogP contribution in [0, 0.1) is 5.82 Å². The largest absolute Gasteiger partial charge is 0.342 e. The Morgan fingerprint density at radius 1 is 1.09 bits per heavy atom. The number of amides is 1. The van der Waals surface area contributed by atoms with Crippen molar-refractivity contribution < 1.29 is 9.18 Å². The molecule has 0 bridgehead atoms. The Bertz CT molecular complexity index is 1250. The first kappa shape index (κ1) is 21.4. The number of rotatable bonds is 5. The Labute approximate surface area is 196 Å². The molecule has 0 spiro atoms. The Morgan fingerprint density at radius 3 is 2.79 bits per heavy atom. The number of nitrogens with zero attached hydrogens (tertiary/aromatic N) is 4. The lowest BCUT2D eigenvalue weighted by Crippen LogP contribution is -2.40. The quantitative estimate of drug-likeness (QED) is 0.404. The van der Waals surface area contributed by atoms with Crippen molar-refractivity contribution in [2.75, 3.05) is 13.1 Å². The lowest BCUT2D eigenvalue weighted by molar-refractivity contribution is -0.131. The Balaban J connectivity index is 1.50. The average Bonchev–Trinajstić information content (AvgIpc) is 3.38. The molecule has 1 saturated heterocycles. The van der Waals surface area contributed by atoms with Crippen molar-refractivity contribution in [2.24, 2.45) is 0 Å². The molecule has 1 amide bonds. The molecule has 5 rings (SSSR count). The van der Waals surface area contributed by atoms with Crippen molar-refractivity contribution in [3.8, 4) is 22.5 Å². The number of benzene rings is 1. The average molecular weight is 459 g/mol. The fourth-order valence-electron chi connectivity index (χ4n) is 4.33. The third-order valence-electron chi connectivity index (χ3n) is 5.97. The van der Waals surface area contributed by atoms with E-state index in [9.17, 15) is 9.18 Å². The molecule has 166 valence electrons. The molecule has 4 aromatic rings. The van der Waals surface area contributed by atoms with E-state index in [1.165, 1.54) is 6.07 Å². The van der Waals surface area contributed by atoms with E-state index in [1.54, 1.807) is 42.1 Å². The monoisotopic (exact) mass is 458 g/mol. The van der Waals surface area contributed by atoms with Crippen molar-refractivity contribution >= 4 is 17.2 Å². The SMILES string of the molecule is O=C(Cc1cccs1)N1CCCC(c2nc(-c3cccnc3)ncc2-c2ccccc2F)C1. The summed E-state index contributed by atoms with van der Waals surface area (Å²) in [6, 6.07) is 14.4. The van der Waals surface area contributed by atoms with Crippen LogP contribution < -0.4 is 0 Å². The van der Waals surface area contributed by atoms with Gasteiger partial charge >= 0.3 is 0 Å². The highest BCUT2D eigenvalue weighted by Crippen LogP contribution is 2.35. The van der Waals surface area contributed by atoms with E-state index in [2.05, 4.69) is 9.97 Å². The summed E-state index contributed by atoms with van der Waals surface area (Å²) in [4.78, 5) is 29.6. The third kappa shape index (κ3) is 4.68. The van der Waals surface area contributed by atoms with E-state index in [-0.39, 0.29) is 17.6 Å². The van der Waals surface area contributed by atoms with E-state index < -0.39 is 0 Å². The second-order valence-corrected chi connectivity index (χ2v) is 9.18. The van der Waals surface area contributed by atoms with Crippen LogP contribution in [0.4, 0.5) is 4.39 Å². The molecular formula is C26H23FN4OS. The molecule has 1 aliphatic heterocycles. The highest BCUT2D eigenvalue weighted by molar-refractivity contribution is 7.10. The van der Waals surface area contributed by atoms with Gasteiger partial charge in [-0.25, -0.2) is 14.4 Å². The molecule has 5 nitrogen and oxygen atoms in total. The summed E-state index contributed by atoms with van der Waals surface area (Å²) < 4.78 is 14.7. The molecule has 1 aromatic carbocycles. The molecule has 0 N–H and O–H groups in total. The molecule has 1 aliphatic rings. The minimum absolute atomic E-state index is 0.000867. The molecule has 1 atom stereocenters. The Hall–Kier alpha value is -3.45. The minimum atomic E-state index is -0.307. The topological polar surface area (TPSA) is 59.0 Å². The molecule has 0 radical (unpaired) electrons. The van der Waals surface area contributed by atoms with Crippen LogP contribution in [-0.2, 0) is 11.2 Å². The van der Waals surface area contributed by atoms with Gasteiger partial charge in [0, 0.05) is 59.2 Å². The first-order valence-corrected chi connectivity index (χ1v) is 11.9. The number of thiophene rings is 1. The van der Waals surface area contributed by atoms with Gasteiger partial charge in [0.1, 0.15) is 5.82 Å². The maximum Gasteiger partial charge on any atom is 0.227 e. The number of halogens is 1. The van der Waals surface area contributed by atoms with Crippen molar-refractivity contribution in [3.05, 3.63) is 88.9 Å². The van der Waals surface area contributed by atoms with Gasteiger partial charge < -0.3 is 4.90 Å². The van der Waals surface area contributed by atoms with Gasteiger partial charge in [-0.05, 0) is 42.5 Å². The number of aromatic nitrogens is 3. The number of carbonyl (C=O) groups excluding carboxylic acids is 1. The van der Waals surface area contributed by atoms with Crippen LogP contribution in [0.3, 0.4) is 0 Å². The first-order valence-electron chi connectivity index (χ1n) is 11.0. The normalized spacial score (nSPS) is 16.0. The molecule has 1 fully saturated rings. The summed E-state index contributed by atoms with van der Waals surface area (Å²) >= 11 is 1.60. The Kier molecular flexibility index (Phi) is 6.21. The number of carbonyl (C=O) groups is 1. The van der Waals surface area contributed by atoms with E-state index in [0.29, 0.717) is 29.9 Å². The van der Waals surface area contributed by atoms with Crippen molar-refractivity contribution in [1.82, 2.24) is 19.9 Å². The Morgan fingerprint density at radius 2 is 2.00 bits per heavy atom. The van der Waals surface area contributed by atoms with Gasteiger partial charge in [0.15, 0.2) is 5.82 Å². The van der Waals surface area contributed by atoms with Crippen LogP contribution in [0.15, 0.2) is 72.5 Å². The van der Waals surface area contributed by atoms with Crippen LogP contribution in [0.25, 0.3) is 22.5 Å². The summed E-state index contributed by atoms with van der Waals surface area (Å²) in [6.45, 7) is 1.30. The summed E-state index contributed by atoms with van der Waals surface area (Å²) in [7, 11) is 0. The number of hydrogen-bond donors (Lipinski definition) is 0. The number of hydrogen-bond acceptors (Lipinski definition) is 5. The number of likely N-dealkylation sites (tertiary alicyclic amines) is 1. The molecular weight excluding hydrogens is 435 g/mol. The summed E-state index contributed by atoms with van der Waals surface area (Å²) in [5.74, 6) is 0.369. The molecule has 33 heavy (non-hydrogen) atoms. The molecule has 3 aromatic heterocycles. The zero-order chi connectivity index (χ0) is 22.6. The van der Waals surface area contributed by atoms with Gasteiger partial charge in [0.25, 0.3) is 0 Å². The van der Waals surface area contributed by atoms with Gasteiger partial charge in [-0.15, -0.1) is 11.3 Å².